The first-order chi connectivity index (χ1) is 13.5. The highest BCUT2D eigenvalue weighted by atomic mass is 35.5. The van der Waals surface area contributed by atoms with E-state index < -0.39 is 0 Å². The summed E-state index contributed by atoms with van der Waals surface area (Å²) < 4.78 is 10.7. The van der Waals surface area contributed by atoms with E-state index in [2.05, 4.69) is 20.3 Å². The fraction of sp³-hybridized carbons (Fsp3) is 0.150. The average Bonchev–Trinajstić information content (AvgIpc) is 3.16. The molecule has 0 bridgehead atoms. The Morgan fingerprint density at radius 1 is 1.32 bits per heavy atom. The number of oxazole rings is 1. The Labute approximate surface area is 165 Å². The monoisotopic (exact) mass is 396 g/mol. The van der Waals surface area contributed by atoms with Crippen molar-refractivity contribution in [2.45, 2.75) is 13.0 Å². The van der Waals surface area contributed by atoms with Crippen molar-refractivity contribution in [2.24, 2.45) is 0 Å². The number of anilines is 1. The van der Waals surface area contributed by atoms with E-state index in [-0.39, 0.29) is 11.6 Å². The second-order valence-corrected chi connectivity index (χ2v) is 6.68. The lowest BCUT2D eigenvalue weighted by atomic mass is 10.1. The fourth-order valence-electron chi connectivity index (χ4n) is 2.95. The Hall–Kier alpha value is -3.32. The Morgan fingerprint density at radius 2 is 2.18 bits per heavy atom. The van der Waals surface area contributed by atoms with E-state index in [1.165, 1.54) is 7.11 Å². The molecule has 0 saturated heterocycles. The number of halogens is 1. The summed E-state index contributed by atoms with van der Waals surface area (Å²) in [5, 5.41) is 4.39. The van der Waals surface area contributed by atoms with Crippen molar-refractivity contribution in [3.63, 3.8) is 0 Å². The molecule has 0 saturated carbocycles. The second-order valence-electron chi connectivity index (χ2n) is 6.27. The molecule has 0 amide bonds. The molecule has 0 aliphatic heterocycles. The lowest BCUT2D eigenvalue weighted by Gasteiger charge is -2.13. The summed E-state index contributed by atoms with van der Waals surface area (Å²) in [6.45, 7) is 1.86. The number of ether oxygens (including phenoxy) is 1. The van der Waals surface area contributed by atoms with Crippen LogP contribution < -0.4 is 15.6 Å². The first kappa shape index (κ1) is 18.1. The molecule has 0 spiro atoms. The van der Waals surface area contributed by atoms with E-state index in [1.54, 1.807) is 36.9 Å². The van der Waals surface area contributed by atoms with Crippen LogP contribution in [0.3, 0.4) is 0 Å². The van der Waals surface area contributed by atoms with Crippen molar-refractivity contribution >= 4 is 28.5 Å². The maximum atomic E-state index is 12.5. The number of hydrogen-bond acceptors (Lipinski definition) is 6. The molecule has 4 rings (SSSR count). The molecule has 0 aliphatic carbocycles. The predicted molar refractivity (Wildman–Crippen MR) is 108 cm³/mol. The SMILES string of the molecule is COc1cc2[nH]c(=O)c([C@H](C)Nc3nc(-c4cccnc4)co3)cc2cc1Cl. The molecular formula is C20H17ClN4O3. The number of H-pyrrole nitrogens is 1. The lowest BCUT2D eigenvalue weighted by Crippen LogP contribution is -2.19. The standard InChI is InChI=1S/C20H17ClN4O3/c1-11(23-20-25-17(10-28-20)12-4-3-5-22-9-12)14-6-13-7-15(21)18(27-2)8-16(13)24-19(14)26/h3-11H,1-2H3,(H,23,25)(H,24,26)/t11-/m0/s1. The van der Waals surface area contributed by atoms with Crippen LogP contribution in [0.2, 0.25) is 5.02 Å². The molecule has 0 radical (unpaired) electrons. The first-order valence-corrected chi connectivity index (χ1v) is 8.96. The summed E-state index contributed by atoms with van der Waals surface area (Å²) in [6, 6.07) is 8.96. The number of rotatable bonds is 5. The lowest BCUT2D eigenvalue weighted by molar-refractivity contribution is 0.415. The van der Waals surface area contributed by atoms with Crippen molar-refractivity contribution in [1.82, 2.24) is 15.0 Å². The summed E-state index contributed by atoms with van der Waals surface area (Å²) in [5.41, 5.74) is 2.48. The molecule has 3 aromatic heterocycles. The normalized spacial score (nSPS) is 12.1. The third-order valence-electron chi connectivity index (χ3n) is 4.41. The van der Waals surface area contributed by atoms with Crippen LogP contribution in [0, 0.1) is 0 Å². The van der Waals surface area contributed by atoms with E-state index >= 15 is 0 Å². The van der Waals surface area contributed by atoms with Crippen molar-refractivity contribution in [1.29, 1.82) is 0 Å². The van der Waals surface area contributed by atoms with Gasteiger partial charge in [-0.25, -0.2) is 0 Å². The molecule has 0 unspecified atom stereocenters. The molecule has 0 fully saturated rings. The zero-order valence-electron chi connectivity index (χ0n) is 15.2. The number of pyridine rings is 2. The van der Waals surface area contributed by atoms with Crippen LogP contribution in [-0.2, 0) is 0 Å². The highest BCUT2D eigenvalue weighted by molar-refractivity contribution is 6.32. The van der Waals surface area contributed by atoms with E-state index in [0.717, 1.165) is 10.9 Å². The highest BCUT2D eigenvalue weighted by Gasteiger charge is 2.15. The largest absolute Gasteiger partial charge is 0.495 e. The maximum Gasteiger partial charge on any atom is 0.295 e. The molecule has 142 valence electrons. The van der Waals surface area contributed by atoms with Crippen LogP contribution in [-0.4, -0.2) is 22.1 Å². The molecule has 7 nitrogen and oxygen atoms in total. The maximum absolute atomic E-state index is 12.5. The molecule has 4 aromatic rings. The second kappa shape index (κ2) is 7.36. The van der Waals surface area contributed by atoms with Crippen molar-refractivity contribution in [3.8, 4) is 17.0 Å². The molecule has 2 N–H and O–H groups in total. The van der Waals surface area contributed by atoms with Crippen molar-refractivity contribution < 1.29 is 9.15 Å². The fourth-order valence-corrected chi connectivity index (χ4v) is 3.20. The number of hydrogen-bond donors (Lipinski definition) is 2. The van der Waals surface area contributed by atoms with Gasteiger partial charge in [0.15, 0.2) is 0 Å². The summed E-state index contributed by atoms with van der Waals surface area (Å²) in [7, 11) is 1.53. The van der Waals surface area contributed by atoms with E-state index in [4.69, 9.17) is 20.8 Å². The number of aromatic amines is 1. The Balaban J connectivity index is 1.62. The number of methoxy groups -OCH3 is 1. The van der Waals surface area contributed by atoms with E-state index in [0.29, 0.717) is 33.6 Å². The number of fused-ring (bicyclic) bond motifs is 1. The van der Waals surface area contributed by atoms with Crippen molar-refractivity contribution in [3.05, 3.63) is 69.9 Å². The predicted octanol–water partition coefficient (Wildman–Crippen LogP) is 4.41. The topological polar surface area (TPSA) is 93.0 Å². The quantitative estimate of drug-likeness (QED) is 0.519. The average molecular weight is 397 g/mol. The van der Waals surface area contributed by atoms with Crippen LogP contribution in [0.25, 0.3) is 22.2 Å². The van der Waals surface area contributed by atoms with Gasteiger partial charge in [-0.05, 0) is 31.2 Å². The van der Waals surface area contributed by atoms with Crippen molar-refractivity contribution in [2.75, 3.05) is 12.4 Å². The number of aromatic nitrogens is 3. The van der Waals surface area contributed by atoms with Gasteiger partial charge in [0.05, 0.1) is 23.7 Å². The highest BCUT2D eigenvalue weighted by Crippen LogP contribution is 2.30. The van der Waals surface area contributed by atoms with Gasteiger partial charge in [-0.15, -0.1) is 0 Å². The molecular weight excluding hydrogens is 380 g/mol. The molecule has 28 heavy (non-hydrogen) atoms. The Bertz CT molecular complexity index is 1190. The zero-order chi connectivity index (χ0) is 19.7. The molecule has 3 heterocycles. The van der Waals surface area contributed by atoms with E-state index in [9.17, 15) is 4.79 Å². The molecule has 0 aliphatic rings. The minimum Gasteiger partial charge on any atom is -0.495 e. The van der Waals surface area contributed by atoms with Gasteiger partial charge in [0.1, 0.15) is 17.7 Å². The minimum atomic E-state index is -0.338. The summed E-state index contributed by atoms with van der Waals surface area (Å²) in [6.07, 6.45) is 4.94. The smallest absolute Gasteiger partial charge is 0.295 e. The minimum absolute atomic E-state index is 0.212. The van der Waals surface area contributed by atoms with Gasteiger partial charge in [0.25, 0.3) is 11.6 Å². The third-order valence-corrected chi connectivity index (χ3v) is 4.71. The van der Waals surface area contributed by atoms with Crippen LogP contribution in [0.5, 0.6) is 5.75 Å². The first-order valence-electron chi connectivity index (χ1n) is 8.58. The Kier molecular flexibility index (Phi) is 4.75. The Morgan fingerprint density at radius 3 is 2.93 bits per heavy atom. The van der Waals surface area contributed by atoms with Gasteiger partial charge >= 0.3 is 0 Å². The van der Waals surface area contributed by atoms with Gasteiger partial charge in [0, 0.05) is 35.0 Å². The van der Waals surface area contributed by atoms with Gasteiger partial charge in [-0.2, -0.15) is 4.98 Å². The van der Waals surface area contributed by atoms with Gasteiger partial charge in [0.2, 0.25) is 0 Å². The van der Waals surface area contributed by atoms with Crippen LogP contribution in [0.4, 0.5) is 6.01 Å². The van der Waals surface area contributed by atoms with Crippen LogP contribution in [0.1, 0.15) is 18.5 Å². The van der Waals surface area contributed by atoms with Crippen LogP contribution in [0.15, 0.2) is 58.2 Å². The third kappa shape index (κ3) is 3.44. The number of nitrogens with zero attached hydrogens (tertiary/aromatic N) is 2. The number of benzene rings is 1. The molecule has 8 heteroatoms. The van der Waals surface area contributed by atoms with Gasteiger partial charge in [-0.1, -0.05) is 11.6 Å². The zero-order valence-corrected chi connectivity index (χ0v) is 15.9. The molecule has 1 aromatic carbocycles. The van der Waals surface area contributed by atoms with Gasteiger partial charge in [-0.3, -0.25) is 9.78 Å². The van der Waals surface area contributed by atoms with Gasteiger partial charge < -0.3 is 19.5 Å². The summed E-state index contributed by atoms with van der Waals surface area (Å²) >= 11 is 6.20. The number of nitrogens with one attached hydrogen (secondary N) is 2. The molecule has 1 atom stereocenters. The van der Waals surface area contributed by atoms with Crippen LogP contribution >= 0.6 is 11.6 Å². The summed E-state index contributed by atoms with van der Waals surface area (Å²) in [5.74, 6) is 0.506. The summed E-state index contributed by atoms with van der Waals surface area (Å²) in [4.78, 5) is 23.9. The van der Waals surface area contributed by atoms with E-state index in [1.807, 2.05) is 19.1 Å².